The number of aromatic hydroxyl groups is 1. The van der Waals surface area contributed by atoms with Gasteiger partial charge in [0, 0.05) is 6.04 Å². The summed E-state index contributed by atoms with van der Waals surface area (Å²) in [7, 11) is 0. The molecular formula is C30H42ClN3O5. The quantitative estimate of drug-likeness (QED) is 0.304. The number of benzene rings is 2. The van der Waals surface area contributed by atoms with Gasteiger partial charge in [-0.05, 0) is 76.3 Å². The molecule has 3 amide bonds. The van der Waals surface area contributed by atoms with Gasteiger partial charge in [0.15, 0.2) is 0 Å². The van der Waals surface area contributed by atoms with Gasteiger partial charge in [-0.3, -0.25) is 9.59 Å². The van der Waals surface area contributed by atoms with E-state index in [1.165, 1.54) is 17.0 Å². The Hall–Kier alpha value is -3.26. The molecule has 4 unspecified atom stereocenters. The maximum absolute atomic E-state index is 14.3. The predicted molar refractivity (Wildman–Crippen MR) is 155 cm³/mol. The molecule has 0 saturated carbocycles. The summed E-state index contributed by atoms with van der Waals surface area (Å²) in [6.07, 6.45) is 0.428. The highest BCUT2D eigenvalue weighted by Gasteiger charge is 2.40. The highest BCUT2D eigenvalue weighted by molar-refractivity contribution is 6.34. The number of aryl methyl sites for hydroxylation is 1. The zero-order chi connectivity index (χ0) is 29.5. The number of hydrogen-bond acceptors (Lipinski definition) is 5. The van der Waals surface area contributed by atoms with Crippen LogP contribution in [0.1, 0.15) is 78.5 Å². The van der Waals surface area contributed by atoms with Crippen LogP contribution < -0.4 is 10.6 Å². The van der Waals surface area contributed by atoms with Crippen LogP contribution in [-0.4, -0.2) is 45.6 Å². The van der Waals surface area contributed by atoms with Gasteiger partial charge in [-0.1, -0.05) is 63.1 Å². The van der Waals surface area contributed by atoms with E-state index in [-0.39, 0.29) is 11.7 Å². The minimum atomic E-state index is -1.12. The molecule has 0 bridgehead atoms. The number of nitrogens with one attached hydrogen (secondary N) is 2. The summed E-state index contributed by atoms with van der Waals surface area (Å²) in [5, 5.41) is 16.3. The first-order chi connectivity index (χ1) is 18.2. The molecule has 2 aromatic carbocycles. The predicted octanol–water partition coefficient (Wildman–Crippen LogP) is 6.60. The van der Waals surface area contributed by atoms with Crippen LogP contribution in [0.5, 0.6) is 5.75 Å². The number of nitrogens with zero attached hydrogens (tertiary/aromatic N) is 1. The van der Waals surface area contributed by atoms with Crippen molar-refractivity contribution in [1.29, 1.82) is 0 Å². The molecule has 0 radical (unpaired) electrons. The number of hydrogen-bond donors (Lipinski definition) is 3. The van der Waals surface area contributed by atoms with E-state index in [1.54, 1.807) is 45.0 Å². The Kier molecular flexibility index (Phi) is 11.2. The van der Waals surface area contributed by atoms with Gasteiger partial charge in [-0.15, -0.1) is 0 Å². The average Bonchev–Trinajstić information content (AvgIpc) is 2.85. The van der Waals surface area contributed by atoms with E-state index in [1.807, 2.05) is 40.7 Å². The second kappa shape index (κ2) is 13.7. The summed E-state index contributed by atoms with van der Waals surface area (Å²) in [5.41, 5.74) is 0.874. The van der Waals surface area contributed by atoms with Gasteiger partial charge in [0.25, 0.3) is 5.91 Å². The number of halogens is 1. The fraction of sp³-hybridized carbons (Fsp3) is 0.500. The number of phenolic OH excluding ortho intramolecular Hbond substituents is 1. The van der Waals surface area contributed by atoms with Crippen LogP contribution in [0.15, 0.2) is 42.5 Å². The van der Waals surface area contributed by atoms with Crippen LogP contribution in [0.4, 0.5) is 10.5 Å². The molecule has 4 atom stereocenters. The van der Waals surface area contributed by atoms with Gasteiger partial charge in [0.2, 0.25) is 5.91 Å². The third-order valence-electron chi connectivity index (χ3n) is 6.65. The molecule has 0 fully saturated rings. The molecule has 0 aliphatic carbocycles. The van der Waals surface area contributed by atoms with Crippen molar-refractivity contribution in [3.63, 3.8) is 0 Å². The van der Waals surface area contributed by atoms with Crippen molar-refractivity contribution in [3.05, 3.63) is 58.6 Å². The number of carbonyl (C=O) groups is 3. The molecule has 39 heavy (non-hydrogen) atoms. The summed E-state index contributed by atoms with van der Waals surface area (Å²) in [6.45, 7) is 14.6. The van der Waals surface area contributed by atoms with Crippen molar-refractivity contribution in [2.45, 2.75) is 92.0 Å². The van der Waals surface area contributed by atoms with Crippen molar-refractivity contribution >= 4 is 35.2 Å². The van der Waals surface area contributed by atoms with Crippen molar-refractivity contribution in [2.75, 3.05) is 5.32 Å². The Bertz CT molecular complexity index is 1140. The molecule has 0 heterocycles. The van der Waals surface area contributed by atoms with Crippen molar-refractivity contribution in [2.24, 2.45) is 5.92 Å². The van der Waals surface area contributed by atoms with Crippen LogP contribution in [0.25, 0.3) is 0 Å². The lowest BCUT2D eigenvalue weighted by Gasteiger charge is -2.39. The minimum Gasteiger partial charge on any atom is -0.508 e. The zero-order valence-corrected chi connectivity index (χ0v) is 24.9. The summed E-state index contributed by atoms with van der Waals surface area (Å²) in [6, 6.07) is 9.09. The van der Waals surface area contributed by atoms with Crippen LogP contribution in [0.2, 0.25) is 5.02 Å². The van der Waals surface area contributed by atoms with E-state index in [0.717, 1.165) is 5.56 Å². The Balaban J connectivity index is 2.63. The summed E-state index contributed by atoms with van der Waals surface area (Å²) >= 11 is 6.41. The normalized spacial score (nSPS) is 14.5. The van der Waals surface area contributed by atoms with E-state index in [2.05, 4.69) is 10.6 Å². The number of ether oxygens (including phenoxy) is 1. The van der Waals surface area contributed by atoms with Crippen molar-refractivity contribution in [3.8, 4) is 5.75 Å². The maximum atomic E-state index is 14.3. The molecule has 214 valence electrons. The molecule has 0 aromatic heterocycles. The van der Waals surface area contributed by atoms with E-state index >= 15 is 0 Å². The van der Waals surface area contributed by atoms with Gasteiger partial charge in [0.05, 0.1) is 10.7 Å². The Morgan fingerprint density at radius 2 is 1.69 bits per heavy atom. The second-order valence-corrected chi connectivity index (χ2v) is 11.3. The van der Waals surface area contributed by atoms with Gasteiger partial charge in [-0.2, -0.15) is 0 Å². The van der Waals surface area contributed by atoms with Crippen LogP contribution in [0.3, 0.4) is 0 Å². The maximum Gasteiger partial charge on any atom is 0.408 e. The molecule has 2 rings (SSSR count). The molecule has 0 aliphatic rings. The number of amides is 3. The number of rotatable bonds is 10. The largest absolute Gasteiger partial charge is 0.508 e. The van der Waals surface area contributed by atoms with Crippen molar-refractivity contribution < 1.29 is 24.2 Å². The standard InChI is InChI=1S/C30H42ClN3O5/c1-9-18(3)25(33-29(38)39-30(6,7)8)28(37)34(20(5)10-2)26(21-14-12-15-22(35)17-21)27(36)32-24-19(4)13-11-16-23(24)31/h11-18,20,25-26,35H,9-10H2,1-8H3,(H,32,36)(H,33,38). The minimum absolute atomic E-state index is 0.0406. The van der Waals surface area contributed by atoms with E-state index < -0.39 is 41.6 Å². The lowest BCUT2D eigenvalue weighted by atomic mass is 9.94. The first kappa shape index (κ1) is 32.0. The number of anilines is 1. The number of carbonyl (C=O) groups excluding carboxylic acids is 3. The highest BCUT2D eigenvalue weighted by Crippen LogP contribution is 2.32. The van der Waals surface area contributed by atoms with Gasteiger partial charge < -0.3 is 25.4 Å². The second-order valence-electron chi connectivity index (χ2n) is 10.9. The van der Waals surface area contributed by atoms with E-state index in [0.29, 0.717) is 29.1 Å². The fourth-order valence-electron chi connectivity index (χ4n) is 4.19. The summed E-state index contributed by atoms with van der Waals surface area (Å²) in [5.74, 6) is -1.22. The molecular weight excluding hydrogens is 518 g/mol. The van der Waals surface area contributed by atoms with E-state index in [9.17, 15) is 19.5 Å². The summed E-state index contributed by atoms with van der Waals surface area (Å²) < 4.78 is 5.45. The average molecular weight is 560 g/mol. The molecule has 8 nitrogen and oxygen atoms in total. The van der Waals surface area contributed by atoms with E-state index in [4.69, 9.17) is 16.3 Å². The number of para-hydroxylation sites is 1. The van der Waals surface area contributed by atoms with Gasteiger partial charge >= 0.3 is 6.09 Å². The van der Waals surface area contributed by atoms with Crippen LogP contribution in [-0.2, 0) is 14.3 Å². The smallest absolute Gasteiger partial charge is 0.408 e. The third-order valence-corrected chi connectivity index (χ3v) is 6.97. The molecule has 9 heteroatoms. The Labute approximate surface area is 237 Å². The molecule has 2 aromatic rings. The molecule has 0 aliphatic heterocycles. The fourth-order valence-corrected chi connectivity index (χ4v) is 4.46. The monoisotopic (exact) mass is 559 g/mol. The topological polar surface area (TPSA) is 108 Å². The lowest BCUT2D eigenvalue weighted by molar-refractivity contribution is -0.144. The lowest BCUT2D eigenvalue weighted by Crippen LogP contribution is -2.56. The first-order valence-electron chi connectivity index (χ1n) is 13.4. The molecule has 3 N–H and O–H groups in total. The third kappa shape index (κ3) is 8.62. The molecule has 0 saturated heterocycles. The number of phenols is 1. The van der Waals surface area contributed by atoms with Gasteiger partial charge in [0.1, 0.15) is 23.4 Å². The SMILES string of the molecule is CCC(C)C(NC(=O)OC(C)(C)C)C(=O)N(C(C)CC)C(C(=O)Nc1c(C)cccc1Cl)c1cccc(O)c1. The van der Waals surface area contributed by atoms with Crippen molar-refractivity contribution in [1.82, 2.24) is 10.2 Å². The highest BCUT2D eigenvalue weighted by atomic mass is 35.5. The Morgan fingerprint density at radius 3 is 2.23 bits per heavy atom. The zero-order valence-electron chi connectivity index (χ0n) is 24.2. The van der Waals surface area contributed by atoms with Crippen LogP contribution in [0, 0.1) is 12.8 Å². The summed E-state index contributed by atoms with van der Waals surface area (Å²) in [4.78, 5) is 42.6. The van der Waals surface area contributed by atoms with Crippen LogP contribution >= 0.6 is 11.6 Å². The molecule has 0 spiro atoms. The first-order valence-corrected chi connectivity index (χ1v) is 13.7. The number of alkyl carbamates (subject to hydrolysis) is 1. The Morgan fingerprint density at radius 1 is 1.05 bits per heavy atom. The van der Waals surface area contributed by atoms with Gasteiger partial charge in [-0.25, -0.2) is 4.79 Å².